The number of aliphatic hydroxyl groups is 1. The summed E-state index contributed by atoms with van der Waals surface area (Å²) in [5.74, 6) is 1.60. The van der Waals surface area contributed by atoms with Gasteiger partial charge in [0, 0.05) is 24.9 Å². The molecule has 0 bridgehead atoms. The SMILES string of the molecule is Cc1cc(NCCCO)nc(C)n1. The minimum absolute atomic E-state index is 0.204. The van der Waals surface area contributed by atoms with Crippen LogP contribution in [0.3, 0.4) is 0 Å². The Bertz CT molecular complexity index is 255. The highest BCUT2D eigenvalue weighted by Gasteiger charge is 1.96. The van der Waals surface area contributed by atoms with E-state index in [-0.39, 0.29) is 6.61 Å². The van der Waals surface area contributed by atoms with Gasteiger partial charge in [-0.1, -0.05) is 0 Å². The monoisotopic (exact) mass is 181 g/mol. The summed E-state index contributed by atoms with van der Waals surface area (Å²) < 4.78 is 0. The van der Waals surface area contributed by atoms with Crippen molar-refractivity contribution in [1.82, 2.24) is 9.97 Å². The van der Waals surface area contributed by atoms with Crippen LogP contribution in [-0.2, 0) is 0 Å². The molecule has 0 spiro atoms. The van der Waals surface area contributed by atoms with Gasteiger partial charge >= 0.3 is 0 Å². The van der Waals surface area contributed by atoms with E-state index in [1.165, 1.54) is 0 Å². The van der Waals surface area contributed by atoms with Crippen LogP contribution in [0.15, 0.2) is 6.07 Å². The van der Waals surface area contributed by atoms with Crippen LogP contribution in [0.2, 0.25) is 0 Å². The number of hydrogen-bond donors (Lipinski definition) is 2. The third kappa shape index (κ3) is 3.38. The van der Waals surface area contributed by atoms with Crippen molar-refractivity contribution in [2.24, 2.45) is 0 Å². The Morgan fingerprint density at radius 2 is 2.15 bits per heavy atom. The molecule has 1 aromatic heterocycles. The second-order valence-corrected chi connectivity index (χ2v) is 2.95. The molecule has 2 N–H and O–H groups in total. The van der Waals surface area contributed by atoms with Crippen LogP contribution in [-0.4, -0.2) is 28.2 Å². The van der Waals surface area contributed by atoms with Gasteiger partial charge in [0.25, 0.3) is 0 Å². The van der Waals surface area contributed by atoms with Gasteiger partial charge in [0.15, 0.2) is 0 Å². The van der Waals surface area contributed by atoms with E-state index in [1.807, 2.05) is 19.9 Å². The molecule has 0 amide bonds. The van der Waals surface area contributed by atoms with Crippen molar-refractivity contribution >= 4 is 5.82 Å². The predicted octanol–water partition coefficient (Wildman–Crippen LogP) is 0.888. The molecule has 4 nitrogen and oxygen atoms in total. The quantitative estimate of drug-likeness (QED) is 0.677. The maximum Gasteiger partial charge on any atom is 0.129 e. The number of nitrogens with one attached hydrogen (secondary N) is 1. The van der Waals surface area contributed by atoms with E-state index >= 15 is 0 Å². The van der Waals surface area contributed by atoms with Crippen LogP contribution < -0.4 is 5.32 Å². The van der Waals surface area contributed by atoms with Crippen LogP contribution in [0.25, 0.3) is 0 Å². The Labute approximate surface area is 78.0 Å². The molecule has 13 heavy (non-hydrogen) atoms. The lowest BCUT2D eigenvalue weighted by Crippen LogP contribution is -2.06. The Morgan fingerprint density at radius 1 is 1.38 bits per heavy atom. The van der Waals surface area contributed by atoms with E-state index in [0.29, 0.717) is 0 Å². The van der Waals surface area contributed by atoms with Crippen LogP contribution in [0.4, 0.5) is 5.82 Å². The highest BCUT2D eigenvalue weighted by atomic mass is 16.3. The topological polar surface area (TPSA) is 58.0 Å². The van der Waals surface area contributed by atoms with E-state index in [1.54, 1.807) is 0 Å². The Morgan fingerprint density at radius 3 is 2.77 bits per heavy atom. The molecule has 1 aromatic rings. The Kier molecular flexibility index (Phi) is 3.64. The number of aliphatic hydroxyl groups excluding tert-OH is 1. The molecule has 1 heterocycles. The Hall–Kier alpha value is -1.16. The molecule has 0 atom stereocenters. The number of aromatic nitrogens is 2. The molecule has 1 rings (SSSR count). The second-order valence-electron chi connectivity index (χ2n) is 2.95. The highest BCUT2D eigenvalue weighted by Crippen LogP contribution is 2.04. The van der Waals surface area contributed by atoms with Crippen molar-refractivity contribution in [3.05, 3.63) is 17.6 Å². The van der Waals surface area contributed by atoms with Crippen molar-refractivity contribution in [3.63, 3.8) is 0 Å². The second kappa shape index (κ2) is 4.77. The van der Waals surface area contributed by atoms with Crippen LogP contribution in [0, 0.1) is 13.8 Å². The first-order valence-corrected chi connectivity index (χ1v) is 4.39. The lowest BCUT2D eigenvalue weighted by atomic mass is 10.4. The molecule has 0 unspecified atom stereocenters. The van der Waals surface area contributed by atoms with E-state index < -0.39 is 0 Å². The first-order valence-electron chi connectivity index (χ1n) is 4.39. The molecule has 0 saturated carbocycles. The summed E-state index contributed by atoms with van der Waals surface area (Å²) in [5.41, 5.74) is 0.957. The number of rotatable bonds is 4. The summed E-state index contributed by atoms with van der Waals surface area (Å²) in [4.78, 5) is 8.36. The first kappa shape index (κ1) is 9.92. The highest BCUT2D eigenvalue weighted by molar-refractivity contribution is 5.35. The van der Waals surface area contributed by atoms with Crippen molar-refractivity contribution in [2.75, 3.05) is 18.5 Å². The largest absolute Gasteiger partial charge is 0.396 e. The van der Waals surface area contributed by atoms with E-state index in [4.69, 9.17) is 5.11 Å². The zero-order valence-corrected chi connectivity index (χ0v) is 8.04. The first-order chi connectivity index (χ1) is 6.22. The zero-order chi connectivity index (χ0) is 9.68. The fourth-order valence-electron chi connectivity index (χ4n) is 1.10. The molecule has 0 aliphatic heterocycles. The standard InChI is InChI=1S/C9H15N3O/c1-7-6-9(10-4-3-5-13)12-8(2)11-7/h6,13H,3-5H2,1-2H3,(H,10,11,12). The van der Waals surface area contributed by atoms with Crippen LogP contribution >= 0.6 is 0 Å². The summed E-state index contributed by atoms with van der Waals surface area (Å²) in [6.07, 6.45) is 0.738. The fourth-order valence-corrected chi connectivity index (χ4v) is 1.10. The van der Waals surface area contributed by atoms with Crippen molar-refractivity contribution < 1.29 is 5.11 Å². The number of aryl methyl sites for hydroxylation is 2. The molecule has 0 fully saturated rings. The third-order valence-electron chi connectivity index (χ3n) is 1.61. The molecule has 4 heteroatoms. The average Bonchev–Trinajstić information content (AvgIpc) is 2.03. The van der Waals surface area contributed by atoms with Gasteiger partial charge in [-0.3, -0.25) is 0 Å². The summed E-state index contributed by atoms with van der Waals surface area (Å²) in [7, 11) is 0. The van der Waals surface area contributed by atoms with Gasteiger partial charge in [-0.15, -0.1) is 0 Å². The molecule has 0 radical (unpaired) electrons. The normalized spacial score (nSPS) is 10.1. The molecule has 0 saturated heterocycles. The van der Waals surface area contributed by atoms with Gasteiger partial charge in [-0.2, -0.15) is 0 Å². The van der Waals surface area contributed by atoms with Crippen LogP contribution in [0.5, 0.6) is 0 Å². The molecule has 72 valence electrons. The minimum atomic E-state index is 0.204. The molecule has 0 aromatic carbocycles. The molecule has 0 aliphatic carbocycles. The number of anilines is 1. The van der Waals surface area contributed by atoms with Gasteiger partial charge < -0.3 is 10.4 Å². The smallest absolute Gasteiger partial charge is 0.129 e. The average molecular weight is 181 g/mol. The van der Waals surface area contributed by atoms with Crippen molar-refractivity contribution in [1.29, 1.82) is 0 Å². The number of hydrogen-bond acceptors (Lipinski definition) is 4. The van der Waals surface area contributed by atoms with Crippen molar-refractivity contribution in [3.8, 4) is 0 Å². The summed E-state index contributed by atoms with van der Waals surface area (Å²) in [6, 6.07) is 1.89. The van der Waals surface area contributed by atoms with Crippen LogP contribution in [0.1, 0.15) is 17.9 Å². The van der Waals surface area contributed by atoms with E-state index in [9.17, 15) is 0 Å². The lowest BCUT2D eigenvalue weighted by molar-refractivity contribution is 0.292. The van der Waals surface area contributed by atoms with Gasteiger partial charge in [0.05, 0.1) is 0 Å². The fraction of sp³-hybridized carbons (Fsp3) is 0.556. The predicted molar refractivity (Wildman–Crippen MR) is 51.7 cm³/mol. The molecule has 0 aliphatic rings. The van der Waals surface area contributed by atoms with E-state index in [2.05, 4.69) is 15.3 Å². The summed E-state index contributed by atoms with van der Waals surface area (Å²) >= 11 is 0. The molecular weight excluding hydrogens is 166 g/mol. The van der Waals surface area contributed by atoms with Gasteiger partial charge in [-0.25, -0.2) is 9.97 Å². The van der Waals surface area contributed by atoms with Gasteiger partial charge in [-0.05, 0) is 20.3 Å². The maximum absolute atomic E-state index is 8.58. The maximum atomic E-state index is 8.58. The summed E-state index contributed by atoms with van der Waals surface area (Å²) in [5, 5.41) is 11.7. The lowest BCUT2D eigenvalue weighted by Gasteiger charge is -2.05. The Balaban J connectivity index is 2.56. The third-order valence-corrected chi connectivity index (χ3v) is 1.61. The van der Waals surface area contributed by atoms with Crippen molar-refractivity contribution in [2.45, 2.75) is 20.3 Å². The van der Waals surface area contributed by atoms with Gasteiger partial charge in [0.1, 0.15) is 11.6 Å². The summed E-state index contributed by atoms with van der Waals surface area (Å²) in [6.45, 7) is 4.75. The molecular formula is C9H15N3O. The number of nitrogens with zero attached hydrogens (tertiary/aromatic N) is 2. The van der Waals surface area contributed by atoms with E-state index in [0.717, 1.165) is 30.3 Å². The zero-order valence-electron chi connectivity index (χ0n) is 8.04. The van der Waals surface area contributed by atoms with Gasteiger partial charge in [0.2, 0.25) is 0 Å². The minimum Gasteiger partial charge on any atom is -0.396 e.